The Morgan fingerprint density at radius 2 is 2.06 bits per heavy atom. The highest BCUT2D eigenvalue weighted by atomic mass is 35.5. The van der Waals surface area contributed by atoms with Crippen molar-refractivity contribution in [3.8, 4) is 5.75 Å². The van der Waals surface area contributed by atoms with Gasteiger partial charge in [0.1, 0.15) is 5.75 Å². The standard InChI is InChI=1S/C23H19ClN2O4S/c1-29-16-8-9-19-17(13-16)23(22(28)25(19)14-15-5-2-3-6-18(15)24)26(10-12-31-23)21(27)20-7-4-11-30-20/h2-9,11,13H,10,12,14H2,1H3. The normalized spacial score (nSPS) is 19.9. The topological polar surface area (TPSA) is 63.0 Å². The first kappa shape index (κ1) is 20.0. The lowest BCUT2D eigenvalue weighted by molar-refractivity contribution is -0.123. The highest BCUT2D eigenvalue weighted by Crippen LogP contribution is 2.55. The second kappa shape index (κ2) is 7.66. The maximum atomic E-state index is 14.0. The molecule has 0 saturated carbocycles. The second-order valence-electron chi connectivity index (χ2n) is 7.29. The summed E-state index contributed by atoms with van der Waals surface area (Å²) in [6, 6.07) is 16.3. The number of thioether (sulfide) groups is 1. The lowest BCUT2D eigenvalue weighted by atomic mass is 10.0. The molecule has 1 saturated heterocycles. The van der Waals surface area contributed by atoms with Crippen LogP contribution in [0.25, 0.3) is 0 Å². The smallest absolute Gasteiger partial charge is 0.291 e. The van der Waals surface area contributed by atoms with Crippen molar-refractivity contribution < 1.29 is 18.7 Å². The van der Waals surface area contributed by atoms with Crippen LogP contribution in [-0.2, 0) is 16.2 Å². The van der Waals surface area contributed by atoms with Crippen LogP contribution in [0.3, 0.4) is 0 Å². The Balaban J connectivity index is 1.63. The first-order valence-corrected chi connectivity index (χ1v) is 11.2. The van der Waals surface area contributed by atoms with Gasteiger partial charge in [-0.3, -0.25) is 9.59 Å². The number of benzene rings is 2. The summed E-state index contributed by atoms with van der Waals surface area (Å²) in [4.78, 5) is 29.4. The Morgan fingerprint density at radius 1 is 1.23 bits per heavy atom. The van der Waals surface area contributed by atoms with Crippen LogP contribution >= 0.6 is 23.4 Å². The fourth-order valence-corrected chi connectivity index (χ4v) is 5.86. The lowest BCUT2D eigenvalue weighted by Gasteiger charge is -2.32. The van der Waals surface area contributed by atoms with Crippen LogP contribution in [0.15, 0.2) is 65.3 Å². The minimum absolute atomic E-state index is 0.168. The number of amides is 2. The number of halogens is 1. The van der Waals surface area contributed by atoms with Crippen LogP contribution < -0.4 is 9.64 Å². The second-order valence-corrected chi connectivity index (χ2v) is 8.99. The summed E-state index contributed by atoms with van der Waals surface area (Å²) >= 11 is 7.84. The third-order valence-electron chi connectivity index (χ3n) is 5.66. The van der Waals surface area contributed by atoms with Crippen molar-refractivity contribution in [1.82, 2.24) is 4.90 Å². The van der Waals surface area contributed by atoms with E-state index in [0.717, 1.165) is 16.8 Å². The quantitative estimate of drug-likeness (QED) is 0.579. The summed E-state index contributed by atoms with van der Waals surface area (Å²) in [6.07, 6.45) is 1.46. The van der Waals surface area contributed by atoms with Crippen molar-refractivity contribution in [2.75, 3.05) is 24.3 Å². The number of methoxy groups -OCH3 is 1. The number of carbonyl (C=O) groups is 2. The highest BCUT2D eigenvalue weighted by molar-refractivity contribution is 8.01. The van der Waals surface area contributed by atoms with Crippen molar-refractivity contribution in [2.24, 2.45) is 0 Å². The molecule has 0 aliphatic carbocycles. The SMILES string of the molecule is COc1ccc2c(c1)C1(SCCN1C(=O)c1ccco1)C(=O)N2Cc1ccccc1Cl. The summed E-state index contributed by atoms with van der Waals surface area (Å²) < 4.78 is 10.8. The predicted molar refractivity (Wildman–Crippen MR) is 120 cm³/mol. The molecule has 6 nitrogen and oxygen atoms in total. The van der Waals surface area contributed by atoms with Gasteiger partial charge in [0.15, 0.2) is 10.6 Å². The fraction of sp³-hybridized carbons (Fsp3) is 0.217. The van der Waals surface area contributed by atoms with Crippen LogP contribution in [0.5, 0.6) is 5.75 Å². The summed E-state index contributed by atoms with van der Waals surface area (Å²) in [5, 5.41) is 0.592. The Labute approximate surface area is 188 Å². The molecule has 1 spiro atoms. The number of hydrogen-bond acceptors (Lipinski definition) is 5. The number of hydrogen-bond donors (Lipinski definition) is 0. The molecule has 8 heteroatoms. The molecule has 1 atom stereocenters. The maximum absolute atomic E-state index is 14.0. The molecule has 1 fully saturated rings. The van der Waals surface area contributed by atoms with E-state index < -0.39 is 4.87 Å². The fourth-order valence-electron chi connectivity index (χ4n) is 4.21. The average molecular weight is 455 g/mol. The summed E-state index contributed by atoms with van der Waals surface area (Å²) in [5.41, 5.74) is 2.33. The van der Waals surface area contributed by atoms with Crippen LogP contribution in [-0.4, -0.2) is 36.1 Å². The number of fused-ring (bicyclic) bond motifs is 2. The minimum Gasteiger partial charge on any atom is -0.497 e. The van der Waals surface area contributed by atoms with Crippen LogP contribution in [0.4, 0.5) is 5.69 Å². The molecule has 5 rings (SSSR count). The van der Waals surface area contributed by atoms with E-state index in [1.165, 1.54) is 18.0 Å². The van der Waals surface area contributed by atoms with E-state index in [1.54, 1.807) is 35.1 Å². The molecule has 0 N–H and O–H groups in total. The summed E-state index contributed by atoms with van der Waals surface area (Å²) in [6.45, 7) is 0.745. The summed E-state index contributed by atoms with van der Waals surface area (Å²) in [7, 11) is 1.58. The Kier molecular flexibility index (Phi) is 4.95. The van der Waals surface area contributed by atoms with E-state index in [0.29, 0.717) is 29.6 Å². The van der Waals surface area contributed by atoms with Gasteiger partial charge in [-0.15, -0.1) is 11.8 Å². The van der Waals surface area contributed by atoms with Crippen LogP contribution in [0, 0.1) is 0 Å². The zero-order valence-corrected chi connectivity index (χ0v) is 18.3. The van der Waals surface area contributed by atoms with E-state index in [1.807, 2.05) is 36.4 Å². The van der Waals surface area contributed by atoms with Gasteiger partial charge in [-0.25, -0.2) is 0 Å². The van der Waals surface area contributed by atoms with E-state index >= 15 is 0 Å². The van der Waals surface area contributed by atoms with Crippen LogP contribution in [0.2, 0.25) is 5.02 Å². The first-order valence-electron chi connectivity index (χ1n) is 9.79. The van der Waals surface area contributed by atoms with E-state index in [2.05, 4.69) is 0 Å². The van der Waals surface area contributed by atoms with Gasteiger partial charge in [-0.05, 0) is 42.0 Å². The van der Waals surface area contributed by atoms with Gasteiger partial charge in [-0.2, -0.15) is 0 Å². The molecule has 0 radical (unpaired) electrons. The maximum Gasteiger partial charge on any atom is 0.291 e. The monoisotopic (exact) mass is 454 g/mol. The molecule has 3 heterocycles. The molecule has 1 aromatic heterocycles. The van der Waals surface area contributed by atoms with Crippen molar-refractivity contribution in [3.63, 3.8) is 0 Å². The molecule has 2 amide bonds. The molecule has 2 aromatic carbocycles. The van der Waals surface area contributed by atoms with Crippen molar-refractivity contribution >= 4 is 40.9 Å². The Bertz CT molecular complexity index is 1170. The van der Waals surface area contributed by atoms with Gasteiger partial charge in [0, 0.05) is 22.9 Å². The Hall–Kier alpha value is -2.90. The van der Waals surface area contributed by atoms with Crippen molar-refractivity contribution in [3.05, 3.63) is 82.8 Å². The molecule has 158 valence electrons. The molecule has 1 unspecified atom stereocenters. The van der Waals surface area contributed by atoms with E-state index in [9.17, 15) is 9.59 Å². The zero-order valence-electron chi connectivity index (χ0n) is 16.7. The molecule has 2 aliphatic rings. The van der Waals surface area contributed by atoms with Gasteiger partial charge in [0.2, 0.25) is 0 Å². The number of furan rings is 1. The highest BCUT2D eigenvalue weighted by Gasteiger charge is 2.60. The Morgan fingerprint density at radius 3 is 2.81 bits per heavy atom. The predicted octanol–water partition coefficient (Wildman–Crippen LogP) is 4.53. The first-order chi connectivity index (χ1) is 15.1. The molecular weight excluding hydrogens is 436 g/mol. The molecular formula is C23H19ClN2O4S. The lowest BCUT2D eigenvalue weighted by Crippen LogP contribution is -2.50. The number of nitrogens with zero attached hydrogens (tertiary/aromatic N) is 2. The average Bonchev–Trinajstić information content (AvgIpc) is 3.52. The van der Waals surface area contributed by atoms with Gasteiger partial charge in [0.05, 0.1) is 25.6 Å². The minimum atomic E-state index is -1.17. The van der Waals surface area contributed by atoms with Gasteiger partial charge in [-0.1, -0.05) is 29.8 Å². The molecule has 31 heavy (non-hydrogen) atoms. The largest absolute Gasteiger partial charge is 0.497 e. The number of carbonyl (C=O) groups excluding carboxylic acids is 2. The molecule has 0 bridgehead atoms. The summed E-state index contributed by atoms with van der Waals surface area (Å²) in [5.74, 6) is 0.997. The van der Waals surface area contributed by atoms with Crippen LogP contribution in [0.1, 0.15) is 21.7 Å². The van der Waals surface area contributed by atoms with E-state index in [-0.39, 0.29) is 17.6 Å². The van der Waals surface area contributed by atoms with Crippen molar-refractivity contribution in [2.45, 2.75) is 11.4 Å². The van der Waals surface area contributed by atoms with Gasteiger partial charge in [0.25, 0.3) is 11.8 Å². The van der Waals surface area contributed by atoms with Gasteiger partial charge < -0.3 is 19.0 Å². The number of ether oxygens (including phenoxy) is 1. The number of anilines is 1. The van der Waals surface area contributed by atoms with Gasteiger partial charge >= 0.3 is 0 Å². The van der Waals surface area contributed by atoms with Crippen molar-refractivity contribution in [1.29, 1.82) is 0 Å². The third kappa shape index (κ3) is 3.03. The third-order valence-corrected chi connectivity index (χ3v) is 7.45. The molecule has 3 aromatic rings. The van der Waals surface area contributed by atoms with E-state index in [4.69, 9.17) is 20.8 Å². The molecule has 2 aliphatic heterocycles. The number of rotatable bonds is 4. The zero-order chi connectivity index (χ0) is 21.6.